The molecule has 19 heavy (non-hydrogen) atoms. The molecule has 4 nitrogen and oxygen atoms in total. The number of benzene rings is 1. The summed E-state index contributed by atoms with van der Waals surface area (Å²) in [7, 11) is 0. The summed E-state index contributed by atoms with van der Waals surface area (Å²) in [5.41, 5.74) is 3.20. The Hall–Kier alpha value is -1.81. The molecule has 0 fully saturated rings. The summed E-state index contributed by atoms with van der Waals surface area (Å²) in [6.07, 6.45) is 0. The van der Waals surface area contributed by atoms with Gasteiger partial charge in [-0.05, 0) is 24.5 Å². The third-order valence-corrected chi connectivity index (χ3v) is 3.52. The van der Waals surface area contributed by atoms with Crippen molar-refractivity contribution >= 4 is 16.9 Å². The predicted molar refractivity (Wildman–Crippen MR) is 74.8 cm³/mol. The standard InChI is InChI=1S/C15H19NO3/c1-9(2)13-10(3)16(7-8-17)14-11(13)5-4-6-12(14)15(18)19/h4-6,9,17H,7-8H2,1-3H3,(H,18,19). The largest absolute Gasteiger partial charge is 0.478 e. The summed E-state index contributed by atoms with van der Waals surface area (Å²) in [6.45, 7) is 6.59. The van der Waals surface area contributed by atoms with Crippen molar-refractivity contribution in [3.8, 4) is 0 Å². The van der Waals surface area contributed by atoms with Crippen LogP contribution in [0.1, 0.15) is 41.4 Å². The first kappa shape index (κ1) is 13.6. The molecule has 1 heterocycles. The van der Waals surface area contributed by atoms with Gasteiger partial charge >= 0.3 is 5.97 Å². The molecule has 0 saturated carbocycles. The first-order chi connectivity index (χ1) is 8.99. The second kappa shape index (κ2) is 5.05. The van der Waals surface area contributed by atoms with E-state index in [1.807, 2.05) is 17.6 Å². The molecule has 0 amide bonds. The Morgan fingerprint density at radius 1 is 1.37 bits per heavy atom. The Morgan fingerprint density at radius 3 is 2.58 bits per heavy atom. The van der Waals surface area contributed by atoms with Crippen molar-refractivity contribution in [3.05, 3.63) is 35.0 Å². The maximum atomic E-state index is 11.4. The number of aromatic nitrogens is 1. The molecular formula is C15H19NO3. The number of hydrogen-bond acceptors (Lipinski definition) is 2. The minimum absolute atomic E-state index is 0.00386. The highest BCUT2D eigenvalue weighted by Gasteiger charge is 2.20. The van der Waals surface area contributed by atoms with E-state index in [4.69, 9.17) is 0 Å². The molecule has 0 radical (unpaired) electrons. The van der Waals surface area contributed by atoms with Gasteiger partial charge in [0.05, 0.1) is 17.7 Å². The average molecular weight is 261 g/mol. The number of aliphatic hydroxyl groups excluding tert-OH is 1. The molecule has 1 aromatic heterocycles. The van der Waals surface area contributed by atoms with E-state index in [2.05, 4.69) is 13.8 Å². The van der Waals surface area contributed by atoms with Crippen molar-refractivity contribution < 1.29 is 15.0 Å². The molecule has 2 rings (SSSR count). The van der Waals surface area contributed by atoms with E-state index in [0.717, 1.165) is 16.6 Å². The van der Waals surface area contributed by atoms with Gasteiger partial charge in [-0.3, -0.25) is 0 Å². The lowest BCUT2D eigenvalue weighted by Gasteiger charge is -2.08. The Morgan fingerprint density at radius 2 is 2.05 bits per heavy atom. The van der Waals surface area contributed by atoms with Crippen molar-refractivity contribution in [1.82, 2.24) is 4.57 Å². The average Bonchev–Trinajstić information content (AvgIpc) is 2.62. The summed E-state index contributed by atoms with van der Waals surface area (Å²) >= 11 is 0. The quantitative estimate of drug-likeness (QED) is 0.889. The zero-order valence-corrected chi connectivity index (χ0v) is 11.5. The van der Waals surface area contributed by atoms with Crippen LogP contribution in [0.2, 0.25) is 0 Å². The molecule has 4 heteroatoms. The van der Waals surface area contributed by atoms with Crippen LogP contribution >= 0.6 is 0 Å². The Kier molecular flexibility index (Phi) is 3.62. The van der Waals surface area contributed by atoms with Gasteiger partial charge in [-0.15, -0.1) is 0 Å². The number of carboxylic acids is 1. The molecular weight excluding hydrogens is 242 g/mol. The molecule has 0 aliphatic rings. The van der Waals surface area contributed by atoms with Crippen LogP contribution in [0.5, 0.6) is 0 Å². The fourth-order valence-electron chi connectivity index (χ4n) is 2.84. The Balaban J connectivity index is 2.89. The van der Waals surface area contributed by atoms with E-state index < -0.39 is 5.97 Å². The lowest BCUT2D eigenvalue weighted by molar-refractivity contribution is 0.0698. The van der Waals surface area contributed by atoms with Crippen molar-refractivity contribution in [1.29, 1.82) is 0 Å². The van der Waals surface area contributed by atoms with Gasteiger partial charge in [-0.25, -0.2) is 4.79 Å². The van der Waals surface area contributed by atoms with Crippen LogP contribution < -0.4 is 0 Å². The second-order valence-electron chi connectivity index (χ2n) is 5.04. The third-order valence-electron chi connectivity index (χ3n) is 3.52. The molecule has 0 atom stereocenters. The third kappa shape index (κ3) is 2.12. The van der Waals surface area contributed by atoms with E-state index >= 15 is 0 Å². The zero-order chi connectivity index (χ0) is 14.2. The maximum Gasteiger partial charge on any atom is 0.337 e. The highest BCUT2D eigenvalue weighted by Crippen LogP contribution is 2.33. The number of nitrogens with zero attached hydrogens (tertiary/aromatic N) is 1. The molecule has 0 aliphatic carbocycles. The van der Waals surface area contributed by atoms with Crippen molar-refractivity contribution in [2.75, 3.05) is 6.61 Å². The van der Waals surface area contributed by atoms with E-state index in [-0.39, 0.29) is 6.61 Å². The Bertz CT molecular complexity index is 626. The number of para-hydroxylation sites is 1. The van der Waals surface area contributed by atoms with Crippen LogP contribution in [0.15, 0.2) is 18.2 Å². The summed E-state index contributed by atoms with van der Waals surface area (Å²) in [4.78, 5) is 11.4. The number of fused-ring (bicyclic) bond motifs is 1. The molecule has 0 spiro atoms. The van der Waals surface area contributed by atoms with Crippen molar-refractivity contribution in [2.45, 2.75) is 33.2 Å². The fraction of sp³-hybridized carbons (Fsp3) is 0.400. The van der Waals surface area contributed by atoms with Gasteiger partial charge < -0.3 is 14.8 Å². The number of aromatic carboxylic acids is 1. The molecule has 2 N–H and O–H groups in total. The SMILES string of the molecule is Cc1c(C(C)C)c2cccc(C(=O)O)c2n1CCO. The number of hydrogen-bond donors (Lipinski definition) is 2. The monoisotopic (exact) mass is 261 g/mol. The van der Waals surface area contributed by atoms with Gasteiger partial charge in [-0.1, -0.05) is 26.0 Å². The zero-order valence-electron chi connectivity index (χ0n) is 11.5. The van der Waals surface area contributed by atoms with Gasteiger partial charge in [0.15, 0.2) is 0 Å². The predicted octanol–water partition coefficient (Wildman–Crippen LogP) is 2.76. The highest BCUT2D eigenvalue weighted by atomic mass is 16.4. The normalized spacial score (nSPS) is 11.4. The molecule has 0 saturated heterocycles. The number of carbonyl (C=O) groups is 1. The van der Waals surface area contributed by atoms with E-state index in [9.17, 15) is 15.0 Å². The van der Waals surface area contributed by atoms with E-state index in [1.165, 1.54) is 0 Å². The molecule has 0 aliphatic heterocycles. The van der Waals surface area contributed by atoms with Crippen LogP contribution in [-0.2, 0) is 6.54 Å². The van der Waals surface area contributed by atoms with Crippen LogP contribution in [0, 0.1) is 6.92 Å². The van der Waals surface area contributed by atoms with Crippen molar-refractivity contribution in [3.63, 3.8) is 0 Å². The van der Waals surface area contributed by atoms with Gasteiger partial charge in [-0.2, -0.15) is 0 Å². The molecule has 2 aromatic rings. The van der Waals surface area contributed by atoms with E-state index in [0.29, 0.717) is 23.5 Å². The second-order valence-corrected chi connectivity index (χ2v) is 5.04. The smallest absolute Gasteiger partial charge is 0.337 e. The van der Waals surface area contributed by atoms with Crippen LogP contribution in [-0.4, -0.2) is 27.4 Å². The summed E-state index contributed by atoms with van der Waals surface area (Å²) < 4.78 is 1.91. The Labute approximate surface area is 112 Å². The summed E-state index contributed by atoms with van der Waals surface area (Å²) in [5.74, 6) is -0.621. The highest BCUT2D eigenvalue weighted by molar-refractivity contribution is 6.04. The van der Waals surface area contributed by atoms with Gasteiger partial charge in [0, 0.05) is 17.6 Å². The van der Waals surface area contributed by atoms with Gasteiger partial charge in [0.25, 0.3) is 0 Å². The lowest BCUT2D eigenvalue weighted by atomic mass is 9.99. The topological polar surface area (TPSA) is 62.5 Å². The first-order valence-electron chi connectivity index (χ1n) is 6.44. The number of rotatable bonds is 4. The summed E-state index contributed by atoms with van der Waals surface area (Å²) in [5, 5.41) is 19.5. The number of carboxylic acid groups (broad SMARTS) is 1. The molecule has 1 aromatic carbocycles. The molecule has 102 valence electrons. The van der Waals surface area contributed by atoms with Gasteiger partial charge in [0.1, 0.15) is 0 Å². The molecule has 0 bridgehead atoms. The summed E-state index contributed by atoms with van der Waals surface area (Å²) in [6, 6.07) is 5.35. The van der Waals surface area contributed by atoms with E-state index in [1.54, 1.807) is 12.1 Å². The first-order valence-corrected chi connectivity index (χ1v) is 6.44. The van der Waals surface area contributed by atoms with Crippen LogP contribution in [0.3, 0.4) is 0 Å². The minimum atomic E-state index is -0.933. The van der Waals surface area contributed by atoms with Crippen molar-refractivity contribution in [2.24, 2.45) is 0 Å². The van der Waals surface area contributed by atoms with Crippen LogP contribution in [0.4, 0.5) is 0 Å². The van der Waals surface area contributed by atoms with Crippen LogP contribution in [0.25, 0.3) is 10.9 Å². The lowest BCUT2D eigenvalue weighted by Crippen LogP contribution is -2.07. The van der Waals surface area contributed by atoms with Gasteiger partial charge in [0.2, 0.25) is 0 Å². The minimum Gasteiger partial charge on any atom is -0.478 e. The fourth-order valence-corrected chi connectivity index (χ4v) is 2.84. The maximum absolute atomic E-state index is 11.4. The number of aliphatic hydroxyl groups is 1. The molecule has 0 unspecified atom stereocenters.